The topological polar surface area (TPSA) is 66.5 Å². The summed E-state index contributed by atoms with van der Waals surface area (Å²) in [6.45, 7) is 2.23. The summed E-state index contributed by atoms with van der Waals surface area (Å²) in [4.78, 5) is 12.5. The first-order valence-electron chi connectivity index (χ1n) is 7.64. The van der Waals surface area contributed by atoms with E-state index in [0.29, 0.717) is 5.56 Å². The van der Waals surface area contributed by atoms with Gasteiger partial charge in [0.25, 0.3) is 5.91 Å². The Morgan fingerprint density at radius 2 is 1.82 bits per heavy atom. The average Bonchev–Trinajstić information content (AvgIpc) is 2.49. The monoisotopic (exact) mass is 324 g/mol. The molecule has 0 unspecified atom stereocenters. The largest absolute Gasteiger partial charge is 0.349 e. The molecule has 1 fully saturated rings. The number of rotatable bonds is 4. The van der Waals surface area contributed by atoms with E-state index in [9.17, 15) is 13.2 Å². The Bertz CT molecular complexity index is 633. The van der Waals surface area contributed by atoms with Crippen molar-refractivity contribution in [3.8, 4) is 0 Å². The molecule has 1 amide bonds. The third-order valence-corrected chi connectivity index (χ3v) is 6.04. The second-order valence-electron chi connectivity index (χ2n) is 6.25. The zero-order chi connectivity index (χ0) is 16.3. The van der Waals surface area contributed by atoms with Crippen LogP contribution in [-0.4, -0.2) is 38.8 Å². The minimum atomic E-state index is -3.52. The van der Waals surface area contributed by atoms with E-state index in [-0.39, 0.29) is 16.8 Å². The van der Waals surface area contributed by atoms with E-state index in [2.05, 4.69) is 12.2 Å². The van der Waals surface area contributed by atoms with Gasteiger partial charge in [0.15, 0.2) is 0 Å². The van der Waals surface area contributed by atoms with Crippen molar-refractivity contribution in [3.05, 3.63) is 29.8 Å². The highest BCUT2D eigenvalue weighted by Gasteiger charge is 2.22. The minimum Gasteiger partial charge on any atom is -0.349 e. The molecule has 0 heterocycles. The highest BCUT2D eigenvalue weighted by molar-refractivity contribution is 7.89. The van der Waals surface area contributed by atoms with Crippen LogP contribution in [0, 0.1) is 5.92 Å². The first kappa shape index (κ1) is 17.0. The zero-order valence-electron chi connectivity index (χ0n) is 13.4. The number of hydrogen-bond donors (Lipinski definition) is 1. The van der Waals surface area contributed by atoms with E-state index < -0.39 is 10.0 Å². The van der Waals surface area contributed by atoms with Crippen molar-refractivity contribution in [3.63, 3.8) is 0 Å². The number of hydrogen-bond acceptors (Lipinski definition) is 3. The first-order valence-corrected chi connectivity index (χ1v) is 9.08. The van der Waals surface area contributed by atoms with Crippen LogP contribution in [0.3, 0.4) is 0 Å². The van der Waals surface area contributed by atoms with Crippen molar-refractivity contribution in [2.24, 2.45) is 5.92 Å². The summed E-state index contributed by atoms with van der Waals surface area (Å²) >= 11 is 0. The molecule has 5 nitrogen and oxygen atoms in total. The standard InChI is InChI=1S/C16H24N2O3S/c1-12-7-9-14(10-8-12)17-16(19)13-5-4-6-15(11-13)22(20,21)18(2)3/h4-6,11-12,14H,7-10H2,1-3H3,(H,17,19). The van der Waals surface area contributed by atoms with Gasteiger partial charge < -0.3 is 5.32 Å². The molecule has 0 spiro atoms. The van der Waals surface area contributed by atoms with E-state index in [1.807, 2.05) is 0 Å². The Kier molecular flexibility index (Phi) is 5.24. The van der Waals surface area contributed by atoms with E-state index in [4.69, 9.17) is 0 Å². The molecular weight excluding hydrogens is 300 g/mol. The predicted octanol–water partition coefficient (Wildman–Crippen LogP) is 2.25. The molecule has 122 valence electrons. The van der Waals surface area contributed by atoms with Crippen molar-refractivity contribution < 1.29 is 13.2 Å². The molecule has 1 aliphatic carbocycles. The molecule has 1 aliphatic rings. The van der Waals surface area contributed by atoms with Gasteiger partial charge in [0.1, 0.15) is 0 Å². The highest BCUT2D eigenvalue weighted by Crippen LogP contribution is 2.24. The molecule has 0 aliphatic heterocycles. The van der Waals surface area contributed by atoms with Gasteiger partial charge in [-0.15, -0.1) is 0 Å². The van der Waals surface area contributed by atoms with Crippen LogP contribution in [-0.2, 0) is 10.0 Å². The maximum absolute atomic E-state index is 12.3. The summed E-state index contributed by atoms with van der Waals surface area (Å²) in [6.07, 6.45) is 4.23. The summed E-state index contributed by atoms with van der Waals surface area (Å²) in [5.74, 6) is 0.525. The lowest BCUT2D eigenvalue weighted by atomic mass is 9.87. The summed E-state index contributed by atoms with van der Waals surface area (Å²) < 4.78 is 25.4. The number of carbonyl (C=O) groups is 1. The molecule has 1 N–H and O–H groups in total. The van der Waals surface area contributed by atoms with Gasteiger partial charge in [-0.3, -0.25) is 4.79 Å². The number of nitrogens with one attached hydrogen (secondary N) is 1. The van der Waals surface area contributed by atoms with Gasteiger partial charge in [-0.25, -0.2) is 12.7 Å². The Morgan fingerprint density at radius 1 is 1.18 bits per heavy atom. The number of benzene rings is 1. The summed E-state index contributed by atoms with van der Waals surface area (Å²) in [6, 6.07) is 6.40. The molecule has 0 radical (unpaired) electrons. The van der Waals surface area contributed by atoms with Crippen molar-refractivity contribution in [1.29, 1.82) is 0 Å². The maximum Gasteiger partial charge on any atom is 0.251 e. The van der Waals surface area contributed by atoms with Crippen LogP contribution in [0.15, 0.2) is 29.2 Å². The van der Waals surface area contributed by atoms with Gasteiger partial charge in [-0.2, -0.15) is 0 Å². The second-order valence-corrected chi connectivity index (χ2v) is 8.40. The highest BCUT2D eigenvalue weighted by atomic mass is 32.2. The number of carbonyl (C=O) groups excluding carboxylic acids is 1. The van der Waals surface area contributed by atoms with Crippen LogP contribution in [0.2, 0.25) is 0 Å². The summed E-state index contributed by atoms with van der Waals surface area (Å²) in [7, 11) is -0.565. The van der Waals surface area contributed by atoms with Crippen LogP contribution in [0.4, 0.5) is 0 Å². The van der Waals surface area contributed by atoms with E-state index in [1.54, 1.807) is 12.1 Å². The van der Waals surface area contributed by atoms with E-state index in [0.717, 1.165) is 35.9 Å². The smallest absolute Gasteiger partial charge is 0.251 e. The van der Waals surface area contributed by atoms with Crippen molar-refractivity contribution in [2.75, 3.05) is 14.1 Å². The molecule has 1 saturated carbocycles. The fourth-order valence-corrected chi connectivity index (χ4v) is 3.63. The van der Waals surface area contributed by atoms with Crippen LogP contribution < -0.4 is 5.32 Å². The van der Waals surface area contributed by atoms with Gasteiger partial charge in [0.05, 0.1) is 4.90 Å². The van der Waals surface area contributed by atoms with Crippen LogP contribution in [0.5, 0.6) is 0 Å². The number of sulfonamides is 1. The molecule has 2 rings (SSSR count). The summed E-state index contributed by atoms with van der Waals surface area (Å²) in [5, 5.41) is 3.02. The Morgan fingerprint density at radius 3 is 2.41 bits per heavy atom. The van der Waals surface area contributed by atoms with Gasteiger partial charge in [0.2, 0.25) is 10.0 Å². The average molecular weight is 324 g/mol. The lowest BCUT2D eigenvalue weighted by molar-refractivity contribution is 0.0923. The lowest BCUT2D eigenvalue weighted by Crippen LogP contribution is -2.37. The zero-order valence-corrected chi connectivity index (χ0v) is 14.2. The molecule has 0 aromatic heterocycles. The molecule has 6 heteroatoms. The Balaban J connectivity index is 2.11. The van der Waals surface area contributed by atoms with Gasteiger partial charge in [-0.05, 0) is 49.8 Å². The lowest BCUT2D eigenvalue weighted by Gasteiger charge is -2.27. The van der Waals surface area contributed by atoms with Crippen molar-refractivity contribution in [1.82, 2.24) is 9.62 Å². The predicted molar refractivity (Wildman–Crippen MR) is 86.2 cm³/mol. The van der Waals surface area contributed by atoms with Crippen molar-refractivity contribution >= 4 is 15.9 Å². The van der Waals surface area contributed by atoms with Crippen LogP contribution in [0.1, 0.15) is 43.0 Å². The molecule has 22 heavy (non-hydrogen) atoms. The molecule has 1 aromatic rings. The first-order chi connectivity index (χ1) is 10.3. The van der Waals surface area contributed by atoms with Gasteiger partial charge in [-0.1, -0.05) is 13.0 Å². The summed E-state index contributed by atoms with van der Waals surface area (Å²) in [5.41, 5.74) is 0.390. The molecule has 0 bridgehead atoms. The van der Waals surface area contributed by atoms with Gasteiger partial charge in [0, 0.05) is 25.7 Å². The fourth-order valence-electron chi connectivity index (χ4n) is 2.68. The quantitative estimate of drug-likeness (QED) is 0.924. The number of amides is 1. The minimum absolute atomic E-state index is 0.141. The normalized spacial score (nSPS) is 22.5. The molecular formula is C16H24N2O3S. The fraction of sp³-hybridized carbons (Fsp3) is 0.562. The van der Waals surface area contributed by atoms with Gasteiger partial charge >= 0.3 is 0 Å². The Labute approximate surface area is 132 Å². The third-order valence-electron chi connectivity index (χ3n) is 4.23. The number of nitrogens with zero attached hydrogens (tertiary/aromatic N) is 1. The second kappa shape index (κ2) is 6.79. The molecule has 0 atom stereocenters. The Hall–Kier alpha value is -1.40. The molecule has 1 aromatic carbocycles. The van der Waals surface area contributed by atoms with E-state index >= 15 is 0 Å². The van der Waals surface area contributed by atoms with Crippen LogP contribution >= 0.6 is 0 Å². The van der Waals surface area contributed by atoms with Crippen molar-refractivity contribution in [2.45, 2.75) is 43.5 Å². The van der Waals surface area contributed by atoms with Crippen LogP contribution in [0.25, 0.3) is 0 Å². The third kappa shape index (κ3) is 3.87. The molecule has 0 saturated heterocycles. The van der Waals surface area contributed by atoms with E-state index in [1.165, 1.54) is 26.2 Å². The maximum atomic E-state index is 12.3. The SMILES string of the molecule is CC1CCC(NC(=O)c2cccc(S(=O)(=O)N(C)C)c2)CC1.